The fourth-order valence-electron chi connectivity index (χ4n) is 1.83. The Balaban J connectivity index is 2.18. The average Bonchev–Trinajstić information content (AvgIpc) is 2.39. The van der Waals surface area contributed by atoms with Gasteiger partial charge in [0, 0.05) is 31.7 Å². The third kappa shape index (κ3) is 2.45. The van der Waals surface area contributed by atoms with Crippen LogP contribution in [-0.4, -0.2) is 48.4 Å². The van der Waals surface area contributed by atoms with Crippen LogP contribution in [0.4, 0.5) is 0 Å². The quantitative estimate of drug-likeness (QED) is 0.720. The van der Waals surface area contributed by atoms with Crippen LogP contribution in [-0.2, 0) is 0 Å². The molecule has 17 heavy (non-hydrogen) atoms. The van der Waals surface area contributed by atoms with Gasteiger partial charge in [-0.2, -0.15) is 0 Å². The van der Waals surface area contributed by atoms with Gasteiger partial charge in [0.25, 0.3) is 5.91 Å². The highest BCUT2D eigenvalue weighted by atomic mass is 16.3. The Hall–Kier alpha value is -1.88. The average molecular weight is 234 g/mol. The lowest BCUT2D eigenvalue weighted by molar-refractivity contribution is 0.0735. The number of benzene rings is 1. The van der Waals surface area contributed by atoms with Crippen LogP contribution in [0, 0.1) is 0 Å². The van der Waals surface area contributed by atoms with Gasteiger partial charge in [-0.25, -0.2) is 0 Å². The summed E-state index contributed by atoms with van der Waals surface area (Å²) in [6.07, 6.45) is 0.564. The van der Waals surface area contributed by atoms with Crippen LogP contribution in [0.3, 0.4) is 0 Å². The number of phenolic OH excluding ortho intramolecular Hbond substituents is 1. The highest BCUT2D eigenvalue weighted by Crippen LogP contribution is 2.18. The summed E-state index contributed by atoms with van der Waals surface area (Å²) in [4.78, 5) is 24.3. The smallest absolute Gasteiger partial charge is 0.254 e. The second-order valence-electron chi connectivity index (χ2n) is 3.93. The summed E-state index contributed by atoms with van der Waals surface area (Å²) in [5.74, 6) is -0.264. The van der Waals surface area contributed by atoms with Crippen molar-refractivity contribution in [2.75, 3.05) is 26.2 Å². The maximum atomic E-state index is 12.1. The highest BCUT2D eigenvalue weighted by molar-refractivity contribution is 5.95. The number of hydrogen-bond acceptors (Lipinski definition) is 4. The molecule has 0 atom stereocenters. The zero-order chi connectivity index (χ0) is 12.3. The summed E-state index contributed by atoms with van der Waals surface area (Å²) in [5, 5.41) is 12.7. The molecule has 0 saturated carbocycles. The number of aldehydes is 1. The molecule has 1 aromatic carbocycles. The lowest BCUT2D eigenvalue weighted by Crippen LogP contribution is -2.46. The second kappa shape index (κ2) is 4.97. The molecule has 2 N–H and O–H groups in total. The Bertz CT molecular complexity index is 439. The molecule has 0 bridgehead atoms. The van der Waals surface area contributed by atoms with Gasteiger partial charge in [0.2, 0.25) is 0 Å². The summed E-state index contributed by atoms with van der Waals surface area (Å²) in [7, 11) is 0. The number of piperazine rings is 1. The van der Waals surface area contributed by atoms with Gasteiger partial charge in [-0.05, 0) is 18.2 Å². The van der Waals surface area contributed by atoms with E-state index in [9.17, 15) is 14.7 Å². The summed E-state index contributed by atoms with van der Waals surface area (Å²) in [6, 6.07) is 4.36. The molecule has 5 heteroatoms. The van der Waals surface area contributed by atoms with Crippen LogP contribution in [0.5, 0.6) is 5.75 Å². The van der Waals surface area contributed by atoms with Crippen molar-refractivity contribution in [3.8, 4) is 5.75 Å². The molecule has 0 aromatic heterocycles. The number of amides is 1. The topological polar surface area (TPSA) is 69.6 Å². The largest absolute Gasteiger partial charge is 0.507 e. The maximum absolute atomic E-state index is 12.1. The molecule has 1 heterocycles. The Morgan fingerprint density at radius 3 is 2.65 bits per heavy atom. The first-order valence-corrected chi connectivity index (χ1v) is 5.50. The van der Waals surface area contributed by atoms with Gasteiger partial charge in [-0.3, -0.25) is 9.59 Å². The van der Waals surface area contributed by atoms with E-state index >= 15 is 0 Å². The number of nitrogens with one attached hydrogen (secondary N) is 1. The van der Waals surface area contributed by atoms with Gasteiger partial charge in [0.05, 0.1) is 5.56 Å². The molecule has 5 nitrogen and oxygen atoms in total. The molecule has 90 valence electrons. The number of hydrogen-bond donors (Lipinski definition) is 2. The zero-order valence-corrected chi connectivity index (χ0v) is 9.35. The minimum atomic E-state index is -0.152. The second-order valence-corrected chi connectivity index (χ2v) is 3.93. The van der Waals surface area contributed by atoms with Crippen LogP contribution in [0.1, 0.15) is 20.7 Å². The Kier molecular flexibility index (Phi) is 3.39. The number of carbonyl (C=O) groups excluding carboxylic acids is 2. The van der Waals surface area contributed by atoms with E-state index in [4.69, 9.17) is 0 Å². The standard InChI is InChI=1S/C12H14N2O3/c15-8-10-2-1-9(7-11(10)16)12(17)14-5-3-13-4-6-14/h1-2,7-8,13,16H,3-6H2. The lowest BCUT2D eigenvalue weighted by Gasteiger charge is -2.27. The first kappa shape index (κ1) is 11.6. The minimum Gasteiger partial charge on any atom is -0.507 e. The molecule has 0 aliphatic carbocycles. The highest BCUT2D eigenvalue weighted by Gasteiger charge is 2.18. The Morgan fingerprint density at radius 1 is 1.35 bits per heavy atom. The number of rotatable bonds is 2. The number of phenols is 1. The summed E-state index contributed by atoms with van der Waals surface area (Å²) >= 11 is 0. The van der Waals surface area contributed by atoms with E-state index in [0.717, 1.165) is 13.1 Å². The molecule has 1 amide bonds. The van der Waals surface area contributed by atoms with Crippen LogP contribution in [0.2, 0.25) is 0 Å². The first-order chi connectivity index (χ1) is 8.22. The van der Waals surface area contributed by atoms with Crippen LogP contribution in [0.15, 0.2) is 18.2 Å². The van der Waals surface area contributed by atoms with Crippen molar-refractivity contribution in [3.63, 3.8) is 0 Å². The van der Waals surface area contributed by atoms with E-state index in [1.54, 1.807) is 11.0 Å². The van der Waals surface area contributed by atoms with Crippen molar-refractivity contribution >= 4 is 12.2 Å². The summed E-state index contributed by atoms with van der Waals surface area (Å²) in [6.45, 7) is 2.89. The van der Waals surface area contributed by atoms with Crippen molar-refractivity contribution in [2.24, 2.45) is 0 Å². The third-order valence-corrected chi connectivity index (χ3v) is 2.81. The van der Waals surface area contributed by atoms with Crippen LogP contribution < -0.4 is 5.32 Å². The van der Waals surface area contributed by atoms with E-state index in [-0.39, 0.29) is 17.2 Å². The SMILES string of the molecule is O=Cc1ccc(C(=O)N2CCNCC2)cc1O. The van der Waals surface area contributed by atoms with Crippen molar-refractivity contribution < 1.29 is 14.7 Å². The van der Waals surface area contributed by atoms with Gasteiger partial charge in [-0.1, -0.05) is 0 Å². The summed E-state index contributed by atoms with van der Waals surface area (Å²) in [5.41, 5.74) is 0.608. The van der Waals surface area contributed by atoms with Gasteiger partial charge >= 0.3 is 0 Å². The predicted octanol–water partition coefficient (Wildman–Crippen LogP) is 0.250. The van der Waals surface area contributed by atoms with Gasteiger partial charge < -0.3 is 15.3 Å². The normalized spacial score (nSPS) is 15.6. The zero-order valence-electron chi connectivity index (χ0n) is 9.35. The molecule has 1 aromatic rings. The molecule has 1 aliphatic rings. The maximum Gasteiger partial charge on any atom is 0.254 e. The van der Waals surface area contributed by atoms with Crippen LogP contribution >= 0.6 is 0 Å². The molecule has 0 unspecified atom stereocenters. The third-order valence-electron chi connectivity index (χ3n) is 2.81. The molecule has 2 rings (SSSR count). The Morgan fingerprint density at radius 2 is 2.06 bits per heavy atom. The van der Waals surface area contributed by atoms with E-state index in [2.05, 4.69) is 5.32 Å². The molecular weight excluding hydrogens is 220 g/mol. The molecule has 0 radical (unpaired) electrons. The number of aromatic hydroxyl groups is 1. The predicted molar refractivity (Wildman–Crippen MR) is 62.3 cm³/mol. The number of nitrogens with zero attached hydrogens (tertiary/aromatic N) is 1. The Labute approximate surface area is 99.0 Å². The van der Waals surface area contributed by atoms with Crippen LogP contribution in [0.25, 0.3) is 0 Å². The van der Waals surface area contributed by atoms with E-state index < -0.39 is 0 Å². The minimum absolute atomic E-state index is 0.112. The first-order valence-electron chi connectivity index (χ1n) is 5.50. The van der Waals surface area contributed by atoms with E-state index in [1.807, 2.05) is 0 Å². The van der Waals surface area contributed by atoms with Gasteiger partial charge in [-0.15, -0.1) is 0 Å². The monoisotopic (exact) mass is 234 g/mol. The van der Waals surface area contributed by atoms with Crippen molar-refractivity contribution in [1.29, 1.82) is 0 Å². The lowest BCUT2D eigenvalue weighted by atomic mass is 10.1. The van der Waals surface area contributed by atoms with Gasteiger partial charge in [0.1, 0.15) is 5.75 Å². The number of carbonyl (C=O) groups is 2. The molecule has 1 aliphatic heterocycles. The van der Waals surface area contributed by atoms with E-state index in [1.165, 1.54) is 12.1 Å². The molecule has 1 fully saturated rings. The fourth-order valence-corrected chi connectivity index (χ4v) is 1.83. The van der Waals surface area contributed by atoms with Crippen molar-refractivity contribution in [1.82, 2.24) is 10.2 Å². The fraction of sp³-hybridized carbons (Fsp3) is 0.333. The van der Waals surface area contributed by atoms with E-state index in [0.29, 0.717) is 24.9 Å². The summed E-state index contributed by atoms with van der Waals surface area (Å²) < 4.78 is 0. The molecule has 1 saturated heterocycles. The molecular formula is C12H14N2O3. The van der Waals surface area contributed by atoms with Crippen molar-refractivity contribution in [3.05, 3.63) is 29.3 Å². The van der Waals surface area contributed by atoms with Gasteiger partial charge in [0.15, 0.2) is 6.29 Å². The van der Waals surface area contributed by atoms with Crippen molar-refractivity contribution in [2.45, 2.75) is 0 Å². The molecule has 0 spiro atoms.